The first-order chi connectivity index (χ1) is 13.1. The summed E-state index contributed by atoms with van der Waals surface area (Å²) in [5, 5.41) is 4.63. The van der Waals surface area contributed by atoms with Crippen molar-refractivity contribution >= 4 is 28.6 Å². The number of hydrogen-bond donors (Lipinski definition) is 2. The zero-order valence-corrected chi connectivity index (χ0v) is 16.0. The molecule has 1 aliphatic rings. The van der Waals surface area contributed by atoms with Crippen LogP contribution in [0.3, 0.4) is 0 Å². The molecule has 1 aromatic carbocycles. The zero-order valence-electron chi connectivity index (χ0n) is 15.2. The molecule has 2 aromatic heterocycles. The van der Waals surface area contributed by atoms with Crippen LogP contribution in [-0.4, -0.2) is 46.5 Å². The first kappa shape index (κ1) is 20.3. The van der Waals surface area contributed by atoms with Gasteiger partial charge in [0.15, 0.2) is 0 Å². The molecule has 3 heterocycles. The van der Waals surface area contributed by atoms with Gasteiger partial charge < -0.3 is 15.2 Å². The van der Waals surface area contributed by atoms with Crippen LogP contribution in [0.2, 0.25) is 5.02 Å². The van der Waals surface area contributed by atoms with E-state index in [1.807, 2.05) is 18.2 Å². The predicted octanol–water partition coefficient (Wildman–Crippen LogP) is 4.03. The van der Waals surface area contributed by atoms with E-state index in [0.29, 0.717) is 33.7 Å². The number of anilines is 1. The van der Waals surface area contributed by atoms with Gasteiger partial charge in [0.25, 0.3) is 5.56 Å². The number of piperidine rings is 1. The Morgan fingerprint density at radius 2 is 2.00 bits per heavy atom. The molecule has 0 atom stereocenters. The first-order valence-corrected chi connectivity index (χ1v) is 9.55. The Morgan fingerprint density at radius 1 is 1.25 bits per heavy atom. The molecular formula is C21H26ClN5O. The molecule has 28 heavy (non-hydrogen) atoms. The summed E-state index contributed by atoms with van der Waals surface area (Å²) in [4.78, 5) is 26.6. The molecule has 0 aliphatic carbocycles. The van der Waals surface area contributed by atoms with Crippen molar-refractivity contribution in [3.63, 3.8) is 0 Å². The highest BCUT2D eigenvalue weighted by atomic mass is 35.5. The van der Waals surface area contributed by atoms with Crippen LogP contribution in [0.5, 0.6) is 0 Å². The summed E-state index contributed by atoms with van der Waals surface area (Å²) in [6.07, 6.45) is 4.08. The maximum Gasteiger partial charge on any atom is 0.257 e. The van der Waals surface area contributed by atoms with E-state index < -0.39 is 0 Å². The van der Waals surface area contributed by atoms with Gasteiger partial charge in [-0.3, -0.25) is 4.79 Å². The fourth-order valence-electron chi connectivity index (χ4n) is 3.46. The van der Waals surface area contributed by atoms with E-state index in [1.54, 1.807) is 18.3 Å². The lowest BCUT2D eigenvalue weighted by Gasteiger charge is -2.28. The fraction of sp³-hybridized carbons (Fsp3) is 0.381. The van der Waals surface area contributed by atoms with Crippen molar-refractivity contribution in [3.05, 3.63) is 51.9 Å². The van der Waals surface area contributed by atoms with Crippen molar-refractivity contribution in [2.75, 3.05) is 32.0 Å². The van der Waals surface area contributed by atoms with Gasteiger partial charge in [0.1, 0.15) is 5.65 Å². The predicted molar refractivity (Wildman–Crippen MR) is 116 cm³/mol. The van der Waals surface area contributed by atoms with Crippen LogP contribution >= 0.6 is 11.6 Å². The summed E-state index contributed by atoms with van der Waals surface area (Å²) in [6, 6.07) is 9.09. The zero-order chi connectivity index (χ0) is 18.8. The van der Waals surface area contributed by atoms with Crippen LogP contribution in [-0.2, 0) is 0 Å². The molecule has 0 saturated carbocycles. The van der Waals surface area contributed by atoms with E-state index in [2.05, 4.69) is 32.2 Å². The Kier molecular flexibility index (Phi) is 6.31. The van der Waals surface area contributed by atoms with Gasteiger partial charge in [-0.15, -0.1) is 0 Å². The number of nitrogens with one attached hydrogen (secondary N) is 2. The molecular weight excluding hydrogens is 374 g/mol. The van der Waals surface area contributed by atoms with Crippen molar-refractivity contribution in [2.45, 2.75) is 20.3 Å². The third kappa shape index (κ3) is 4.34. The summed E-state index contributed by atoms with van der Waals surface area (Å²) >= 11 is 6.23. The highest BCUT2D eigenvalue weighted by Crippen LogP contribution is 2.26. The summed E-state index contributed by atoms with van der Waals surface area (Å²) in [5.74, 6) is 1.17. The number of hydrogen-bond acceptors (Lipinski definition) is 5. The lowest BCUT2D eigenvalue weighted by molar-refractivity contribution is 0.226. The average molecular weight is 400 g/mol. The molecule has 148 valence electrons. The average Bonchev–Trinajstić information content (AvgIpc) is 2.67. The van der Waals surface area contributed by atoms with Gasteiger partial charge in [-0.05, 0) is 51.0 Å². The number of benzene rings is 1. The molecule has 3 aromatic rings. The van der Waals surface area contributed by atoms with E-state index >= 15 is 0 Å². The number of rotatable bonds is 4. The second kappa shape index (κ2) is 8.71. The second-order valence-corrected chi connectivity index (χ2v) is 7.52. The third-order valence-electron chi connectivity index (χ3n) is 5.14. The number of halogens is 1. The minimum Gasteiger partial charge on any atom is -0.354 e. The maximum absolute atomic E-state index is 12.5. The third-order valence-corrected chi connectivity index (χ3v) is 5.47. The Bertz CT molecular complexity index is 1010. The molecule has 0 spiro atoms. The van der Waals surface area contributed by atoms with Crippen molar-refractivity contribution in [1.29, 1.82) is 0 Å². The second-order valence-electron chi connectivity index (χ2n) is 7.12. The SMILES string of the molecule is C.CN1CCC(CNc2ncc3cc(-c4ccccc4Cl)c(=O)[nH]c3n2)CC1. The van der Waals surface area contributed by atoms with E-state index in [1.165, 1.54) is 12.8 Å². The van der Waals surface area contributed by atoms with Gasteiger partial charge in [0.2, 0.25) is 5.95 Å². The number of aromatic amines is 1. The Labute approximate surface area is 170 Å². The molecule has 7 heteroatoms. The van der Waals surface area contributed by atoms with Crippen LogP contribution in [0.4, 0.5) is 5.95 Å². The summed E-state index contributed by atoms with van der Waals surface area (Å²) in [5.41, 5.74) is 1.53. The molecule has 0 bridgehead atoms. The van der Waals surface area contributed by atoms with Crippen molar-refractivity contribution in [1.82, 2.24) is 19.9 Å². The number of pyridine rings is 1. The Balaban J connectivity index is 0.00000225. The van der Waals surface area contributed by atoms with Crippen LogP contribution in [0.25, 0.3) is 22.2 Å². The van der Waals surface area contributed by atoms with Crippen molar-refractivity contribution in [3.8, 4) is 11.1 Å². The molecule has 1 saturated heterocycles. The molecule has 1 aliphatic heterocycles. The molecule has 2 N–H and O–H groups in total. The van der Waals surface area contributed by atoms with Crippen LogP contribution in [0, 0.1) is 5.92 Å². The quantitative estimate of drug-likeness (QED) is 0.692. The molecule has 0 radical (unpaired) electrons. The topological polar surface area (TPSA) is 73.9 Å². The first-order valence-electron chi connectivity index (χ1n) is 9.17. The van der Waals surface area contributed by atoms with Crippen LogP contribution in [0.1, 0.15) is 20.3 Å². The van der Waals surface area contributed by atoms with Crippen molar-refractivity contribution in [2.24, 2.45) is 5.92 Å². The highest BCUT2D eigenvalue weighted by Gasteiger charge is 2.17. The van der Waals surface area contributed by atoms with Gasteiger partial charge in [-0.2, -0.15) is 4.98 Å². The summed E-state index contributed by atoms with van der Waals surface area (Å²) in [7, 11) is 2.16. The van der Waals surface area contributed by atoms with E-state index in [9.17, 15) is 4.79 Å². The Morgan fingerprint density at radius 3 is 2.75 bits per heavy atom. The monoisotopic (exact) mass is 399 g/mol. The normalized spacial score (nSPS) is 15.4. The van der Waals surface area contributed by atoms with Gasteiger partial charge >= 0.3 is 0 Å². The number of nitrogens with zero attached hydrogens (tertiary/aromatic N) is 3. The molecule has 1 fully saturated rings. The smallest absolute Gasteiger partial charge is 0.257 e. The minimum absolute atomic E-state index is 0. The van der Waals surface area contributed by atoms with Crippen LogP contribution < -0.4 is 10.9 Å². The van der Waals surface area contributed by atoms with Crippen LogP contribution in [0.15, 0.2) is 41.3 Å². The number of H-pyrrole nitrogens is 1. The van der Waals surface area contributed by atoms with E-state index in [0.717, 1.165) is 25.0 Å². The van der Waals surface area contributed by atoms with Crippen molar-refractivity contribution < 1.29 is 0 Å². The van der Waals surface area contributed by atoms with E-state index in [4.69, 9.17) is 11.6 Å². The number of likely N-dealkylation sites (tertiary alicyclic amines) is 1. The largest absolute Gasteiger partial charge is 0.354 e. The highest BCUT2D eigenvalue weighted by molar-refractivity contribution is 6.33. The van der Waals surface area contributed by atoms with Gasteiger partial charge in [0, 0.05) is 34.3 Å². The van der Waals surface area contributed by atoms with Gasteiger partial charge in [-0.25, -0.2) is 4.98 Å². The molecule has 0 unspecified atom stereocenters. The molecule has 0 amide bonds. The Hall–Kier alpha value is -2.44. The summed E-state index contributed by atoms with van der Waals surface area (Å²) < 4.78 is 0. The summed E-state index contributed by atoms with van der Waals surface area (Å²) in [6.45, 7) is 3.10. The lowest BCUT2D eigenvalue weighted by Crippen LogP contribution is -2.33. The number of fused-ring (bicyclic) bond motifs is 1. The lowest BCUT2D eigenvalue weighted by atomic mass is 9.97. The van der Waals surface area contributed by atoms with E-state index in [-0.39, 0.29) is 13.0 Å². The standard InChI is InChI=1S/C20H22ClN5O.CH4/c1-26-8-6-13(7-9-26)11-22-20-23-12-14-10-16(19(27)24-18(14)25-20)15-4-2-3-5-17(15)21;/h2-5,10,12-13H,6-9,11H2,1H3,(H2,22,23,24,25,27);1H4. The minimum atomic E-state index is -0.212. The number of aromatic nitrogens is 3. The molecule has 6 nitrogen and oxygen atoms in total. The molecule has 4 rings (SSSR count). The maximum atomic E-state index is 12.5. The van der Waals surface area contributed by atoms with Gasteiger partial charge in [0.05, 0.1) is 0 Å². The van der Waals surface area contributed by atoms with Gasteiger partial charge in [-0.1, -0.05) is 37.2 Å². The fourth-order valence-corrected chi connectivity index (χ4v) is 3.70.